The van der Waals surface area contributed by atoms with Gasteiger partial charge in [-0.2, -0.15) is 5.48 Å². The molecule has 1 atom stereocenters. The lowest BCUT2D eigenvalue weighted by Crippen LogP contribution is -2.23. The molecule has 0 radical (unpaired) electrons. The molecule has 1 rings (SSSR count). The van der Waals surface area contributed by atoms with Crippen molar-refractivity contribution in [3.63, 3.8) is 0 Å². The fraction of sp³-hybridized carbons (Fsp3) is 0.538. The highest BCUT2D eigenvalue weighted by molar-refractivity contribution is 5.18. The number of rotatable bonds is 8. The number of benzene rings is 1. The third-order valence-corrected chi connectivity index (χ3v) is 2.39. The van der Waals surface area contributed by atoms with Gasteiger partial charge in [0.05, 0.1) is 19.3 Å². The van der Waals surface area contributed by atoms with Crippen LogP contribution >= 0.6 is 0 Å². The summed E-state index contributed by atoms with van der Waals surface area (Å²) < 4.78 is 4.92. The highest BCUT2D eigenvalue weighted by Gasteiger charge is 2.09. The van der Waals surface area contributed by atoms with E-state index in [-0.39, 0.29) is 6.04 Å². The molecule has 16 heavy (non-hydrogen) atoms. The molecule has 3 nitrogen and oxygen atoms in total. The predicted octanol–water partition coefficient (Wildman–Crippen LogP) is 2.70. The minimum absolute atomic E-state index is 0.267. The first kappa shape index (κ1) is 13.2. The monoisotopic (exact) mass is 223 g/mol. The Hall–Kier alpha value is -0.900. The zero-order valence-electron chi connectivity index (χ0n) is 10.1. The Balaban J connectivity index is 2.41. The van der Waals surface area contributed by atoms with E-state index in [0.29, 0.717) is 13.2 Å². The number of hydrogen-bond donors (Lipinski definition) is 1. The molecule has 0 saturated carbocycles. The van der Waals surface area contributed by atoms with E-state index in [1.165, 1.54) is 5.56 Å². The molecule has 1 N–H and O–H groups in total. The zero-order valence-corrected chi connectivity index (χ0v) is 10.1. The van der Waals surface area contributed by atoms with Crippen LogP contribution in [0.25, 0.3) is 0 Å². The molecule has 3 heteroatoms. The van der Waals surface area contributed by atoms with Crippen LogP contribution in [0, 0.1) is 0 Å². The lowest BCUT2D eigenvalue weighted by Gasteiger charge is -2.18. The van der Waals surface area contributed by atoms with E-state index in [0.717, 1.165) is 12.8 Å². The molecule has 0 bridgehead atoms. The molecule has 0 spiro atoms. The third-order valence-electron chi connectivity index (χ3n) is 2.39. The van der Waals surface area contributed by atoms with Crippen LogP contribution in [0.5, 0.6) is 0 Å². The van der Waals surface area contributed by atoms with Crippen LogP contribution in [0.4, 0.5) is 0 Å². The number of hydrogen-bond acceptors (Lipinski definition) is 3. The van der Waals surface area contributed by atoms with Crippen LogP contribution in [-0.4, -0.2) is 20.3 Å². The van der Waals surface area contributed by atoms with E-state index in [1.807, 2.05) is 6.07 Å². The second kappa shape index (κ2) is 8.28. The first-order valence-corrected chi connectivity index (χ1v) is 5.79. The van der Waals surface area contributed by atoms with Gasteiger partial charge in [0.2, 0.25) is 0 Å². The average Bonchev–Trinajstić information content (AvgIpc) is 2.34. The maximum Gasteiger partial charge on any atom is 0.0916 e. The largest absolute Gasteiger partial charge is 0.382 e. The molecular formula is C13H21NO2. The van der Waals surface area contributed by atoms with E-state index in [1.54, 1.807) is 7.11 Å². The molecule has 0 heterocycles. The SMILES string of the molecule is CCCC(NOCCOC)c1ccccc1. The number of ether oxygens (including phenoxy) is 1. The van der Waals surface area contributed by atoms with Gasteiger partial charge < -0.3 is 4.74 Å². The molecule has 1 aromatic carbocycles. The van der Waals surface area contributed by atoms with Crippen LogP contribution < -0.4 is 5.48 Å². The average molecular weight is 223 g/mol. The van der Waals surface area contributed by atoms with Gasteiger partial charge in [-0.05, 0) is 12.0 Å². The summed E-state index contributed by atoms with van der Waals surface area (Å²) in [5.74, 6) is 0. The van der Waals surface area contributed by atoms with Gasteiger partial charge in [0.1, 0.15) is 0 Å². The van der Waals surface area contributed by atoms with E-state index in [2.05, 4.69) is 36.7 Å². The van der Waals surface area contributed by atoms with Crippen molar-refractivity contribution in [2.45, 2.75) is 25.8 Å². The number of hydroxylamine groups is 1. The Morgan fingerprint density at radius 2 is 1.94 bits per heavy atom. The van der Waals surface area contributed by atoms with Gasteiger partial charge in [-0.1, -0.05) is 43.7 Å². The highest BCUT2D eigenvalue weighted by atomic mass is 16.7. The van der Waals surface area contributed by atoms with E-state index < -0.39 is 0 Å². The maximum absolute atomic E-state index is 5.37. The normalized spacial score (nSPS) is 12.6. The molecule has 0 amide bonds. The van der Waals surface area contributed by atoms with Crippen LogP contribution in [0.3, 0.4) is 0 Å². The first-order valence-electron chi connectivity index (χ1n) is 5.79. The maximum atomic E-state index is 5.37. The fourth-order valence-electron chi connectivity index (χ4n) is 1.55. The Morgan fingerprint density at radius 3 is 2.56 bits per heavy atom. The Bertz CT molecular complexity index is 264. The predicted molar refractivity (Wildman–Crippen MR) is 65.1 cm³/mol. The lowest BCUT2D eigenvalue weighted by molar-refractivity contribution is -0.0140. The molecule has 0 aliphatic heterocycles. The molecule has 1 unspecified atom stereocenters. The minimum Gasteiger partial charge on any atom is -0.382 e. The van der Waals surface area contributed by atoms with Crippen molar-refractivity contribution >= 4 is 0 Å². The molecular weight excluding hydrogens is 202 g/mol. The number of nitrogens with one attached hydrogen (secondary N) is 1. The Labute approximate surface area is 97.7 Å². The van der Waals surface area contributed by atoms with Crippen molar-refractivity contribution in [2.24, 2.45) is 0 Å². The molecule has 0 saturated heterocycles. The van der Waals surface area contributed by atoms with Crippen LogP contribution in [-0.2, 0) is 9.57 Å². The Morgan fingerprint density at radius 1 is 1.19 bits per heavy atom. The van der Waals surface area contributed by atoms with Crippen LogP contribution in [0.1, 0.15) is 31.4 Å². The molecule has 0 aliphatic rings. The quantitative estimate of drug-likeness (QED) is 0.543. The smallest absolute Gasteiger partial charge is 0.0916 e. The summed E-state index contributed by atoms with van der Waals surface area (Å²) in [6, 6.07) is 10.6. The second-order valence-electron chi connectivity index (χ2n) is 3.71. The summed E-state index contributed by atoms with van der Waals surface area (Å²) in [6.07, 6.45) is 2.19. The van der Waals surface area contributed by atoms with Crippen molar-refractivity contribution in [3.8, 4) is 0 Å². The van der Waals surface area contributed by atoms with Gasteiger partial charge in [-0.15, -0.1) is 0 Å². The fourth-order valence-corrected chi connectivity index (χ4v) is 1.55. The summed E-state index contributed by atoms with van der Waals surface area (Å²) in [4.78, 5) is 5.37. The summed E-state index contributed by atoms with van der Waals surface area (Å²) in [5.41, 5.74) is 4.36. The molecule has 0 fully saturated rings. The van der Waals surface area contributed by atoms with Crippen molar-refractivity contribution in [2.75, 3.05) is 20.3 Å². The van der Waals surface area contributed by atoms with Crippen molar-refractivity contribution < 1.29 is 9.57 Å². The van der Waals surface area contributed by atoms with E-state index >= 15 is 0 Å². The second-order valence-corrected chi connectivity index (χ2v) is 3.71. The molecule has 1 aromatic rings. The van der Waals surface area contributed by atoms with E-state index in [9.17, 15) is 0 Å². The molecule has 90 valence electrons. The van der Waals surface area contributed by atoms with Gasteiger partial charge in [-0.3, -0.25) is 4.84 Å². The lowest BCUT2D eigenvalue weighted by atomic mass is 10.0. The third kappa shape index (κ3) is 4.75. The summed E-state index contributed by atoms with van der Waals surface area (Å²) in [6.45, 7) is 3.36. The van der Waals surface area contributed by atoms with Gasteiger partial charge in [-0.25, -0.2) is 0 Å². The van der Waals surface area contributed by atoms with Gasteiger partial charge in [0.25, 0.3) is 0 Å². The minimum atomic E-state index is 0.267. The Kier molecular flexibility index (Phi) is 6.81. The number of methoxy groups -OCH3 is 1. The van der Waals surface area contributed by atoms with Crippen LogP contribution in [0.15, 0.2) is 30.3 Å². The van der Waals surface area contributed by atoms with Crippen molar-refractivity contribution in [1.29, 1.82) is 0 Å². The summed E-state index contributed by atoms with van der Waals surface area (Å²) in [5, 5.41) is 0. The first-order chi connectivity index (χ1) is 7.88. The highest BCUT2D eigenvalue weighted by Crippen LogP contribution is 2.17. The van der Waals surface area contributed by atoms with Crippen molar-refractivity contribution in [3.05, 3.63) is 35.9 Å². The molecule has 0 aromatic heterocycles. The summed E-state index contributed by atoms with van der Waals surface area (Å²) in [7, 11) is 1.67. The topological polar surface area (TPSA) is 30.5 Å². The van der Waals surface area contributed by atoms with Gasteiger partial charge in [0.15, 0.2) is 0 Å². The van der Waals surface area contributed by atoms with Crippen molar-refractivity contribution in [1.82, 2.24) is 5.48 Å². The molecule has 0 aliphatic carbocycles. The summed E-state index contributed by atoms with van der Waals surface area (Å²) >= 11 is 0. The van der Waals surface area contributed by atoms with Crippen LogP contribution in [0.2, 0.25) is 0 Å². The standard InChI is InChI=1S/C13H21NO2/c1-3-7-13(14-16-11-10-15-2)12-8-5-4-6-9-12/h4-6,8-9,13-14H,3,7,10-11H2,1-2H3. The zero-order chi connectivity index (χ0) is 11.6. The van der Waals surface area contributed by atoms with Gasteiger partial charge >= 0.3 is 0 Å². The van der Waals surface area contributed by atoms with E-state index in [4.69, 9.17) is 9.57 Å². The van der Waals surface area contributed by atoms with Gasteiger partial charge in [0, 0.05) is 7.11 Å².